The number of piperazine rings is 1. The van der Waals surface area contributed by atoms with Gasteiger partial charge in [-0.25, -0.2) is 17.3 Å². The number of nitrogens with zero attached hydrogens (tertiary/aromatic N) is 6. The maximum atomic E-state index is 13.0. The Morgan fingerprint density at radius 1 is 1.04 bits per heavy atom. The Balaban J connectivity index is 1.49. The van der Waals surface area contributed by atoms with Gasteiger partial charge in [0.25, 0.3) is 0 Å². The lowest BCUT2D eigenvalue weighted by Crippen LogP contribution is -2.48. The van der Waals surface area contributed by atoms with Crippen molar-refractivity contribution in [3.8, 4) is 0 Å². The molecule has 25 heavy (non-hydrogen) atoms. The van der Waals surface area contributed by atoms with Gasteiger partial charge in [0.15, 0.2) is 5.65 Å². The Morgan fingerprint density at radius 3 is 2.48 bits per heavy atom. The fraction of sp³-hybridized carbons (Fsp3) is 0.267. The highest BCUT2D eigenvalue weighted by Crippen LogP contribution is 2.21. The van der Waals surface area contributed by atoms with Crippen LogP contribution in [0.15, 0.2) is 47.8 Å². The average molecular weight is 362 g/mol. The van der Waals surface area contributed by atoms with E-state index in [2.05, 4.69) is 20.2 Å². The first kappa shape index (κ1) is 15.9. The van der Waals surface area contributed by atoms with Crippen molar-refractivity contribution in [3.63, 3.8) is 0 Å². The molecule has 1 aliphatic rings. The van der Waals surface area contributed by atoms with Crippen molar-refractivity contribution in [1.82, 2.24) is 24.1 Å². The monoisotopic (exact) mass is 362 g/mol. The number of sulfonamides is 1. The van der Waals surface area contributed by atoms with E-state index in [4.69, 9.17) is 0 Å². The smallest absolute Gasteiger partial charge is 0.243 e. The molecule has 0 saturated carbocycles. The van der Waals surface area contributed by atoms with Crippen molar-refractivity contribution in [2.45, 2.75) is 4.90 Å². The highest BCUT2D eigenvalue weighted by molar-refractivity contribution is 7.89. The summed E-state index contributed by atoms with van der Waals surface area (Å²) in [7, 11) is -3.61. The molecule has 1 fully saturated rings. The number of hydrogen-bond donors (Lipinski definition) is 0. The van der Waals surface area contributed by atoms with Gasteiger partial charge in [-0.1, -0.05) is 0 Å². The van der Waals surface area contributed by atoms with Crippen LogP contribution in [0.5, 0.6) is 0 Å². The molecular formula is C15H15FN6O2S. The minimum absolute atomic E-state index is 0.105. The minimum atomic E-state index is -3.61. The molecule has 1 aliphatic heterocycles. The van der Waals surface area contributed by atoms with Gasteiger partial charge in [-0.2, -0.15) is 9.40 Å². The van der Waals surface area contributed by atoms with Crippen molar-refractivity contribution >= 4 is 21.4 Å². The van der Waals surface area contributed by atoms with Crippen LogP contribution >= 0.6 is 0 Å². The number of halogens is 1. The summed E-state index contributed by atoms with van der Waals surface area (Å²) in [6.07, 6.45) is 3.23. The molecule has 0 unspecified atom stereocenters. The number of hydrogen-bond acceptors (Lipinski definition) is 6. The molecule has 0 bridgehead atoms. The van der Waals surface area contributed by atoms with Crippen LogP contribution < -0.4 is 4.90 Å². The van der Waals surface area contributed by atoms with Gasteiger partial charge >= 0.3 is 0 Å². The Hall–Kier alpha value is -2.59. The lowest BCUT2D eigenvalue weighted by atomic mass is 10.3. The van der Waals surface area contributed by atoms with E-state index in [1.54, 1.807) is 10.7 Å². The number of fused-ring (bicyclic) bond motifs is 1. The van der Waals surface area contributed by atoms with E-state index in [1.807, 2.05) is 6.07 Å². The number of rotatable bonds is 3. The SMILES string of the molecule is O=S(=O)(c1ccc(F)cc1)N1CCN(c2cnn3cnnc3c2)CC1. The molecule has 0 amide bonds. The largest absolute Gasteiger partial charge is 0.367 e. The van der Waals surface area contributed by atoms with Crippen LogP contribution in [0.1, 0.15) is 0 Å². The van der Waals surface area contributed by atoms with Crippen LogP contribution in [0.2, 0.25) is 0 Å². The molecule has 1 saturated heterocycles. The average Bonchev–Trinajstić information content (AvgIpc) is 3.10. The highest BCUT2D eigenvalue weighted by Gasteiger charge is 2.28. The fourth-order valence-electron chi connectivity index (χ4n) is 2.83. The summed E-state index contributed by atoms with van der Waals surface area (Å²) >= 11 is 0. The van der Waals surface area contributed by atoms with Gasteiger partial charge in [-0.05, 0) is 24.3 Å². The van der Waals surface area contributed by atoms with Crippen molar-refractivity contribution in [2.24, 2.45) is 0 Å². The predicted octanol–water partition coefficient (Wildman–Crippen LogP) is 0.774. The second-order valence-corrected chi connectivity index (χ2v) is 7.63. The van der Waals surface area contributed by atoms with Gasteiger partial charge in [-0.3, -0.25) is 0 Å². The van der Waals surface area contributed by atoms with E-state index in [0.29, 0.717) is 31.8 Å². The normalized spacial score (nSPS) is 16.4. The molecule has 8 nitrogen and oxygen atoms in total. The first-order valence-corrected chi connectivity index (χ1v) is 9.15. The molecule has 1 aromatic carbocycles. The van der Waals surface area contributed by atoms with E-state index in [9.17, 15) is 12.8 Å². The first-order valence-electron chi connectivity index (χ1n) is 7.71. The summed E-state index contributed by atoms with van der Waals surface area (Å²) in [5.74, 6) is -0.458. The lowest BCUT2D eigenvalue weighted by Gasteiger charge is -2.35. The van der Waals surface area contributed by atoms with Gasteiger partial charge in [0.1, 0.15) is 12.1 Å². The summed E-state index contributed by atoms with van der Waals surface area (Å²) in [5, 5.41) is 12.0. The Labute approximate surface area is 143 Å². The van der Waals surface area contributed by atoms with Crippen molar-refractivity contribution < 1.29 is 12.8 Å². The summed E-state index contributed by atoms with van der Waals surface area (Å²) in [6.45, 7) is 1.76. The maximum Gasteiger partial charge on any atom is 0.243 e. The molecule has 130 valence electrons. The topological polar surface area (TPSA) is 83.7 Å². The van der Waals surface area contributed by atoms with Crippen molar-refractivity contribution in [2.75, 3.05) is 31.1 Å². The lowest BCUT2D eigenvalue weighted by molar-refractivity contribution is 0.384. The van der Waals surface area contributed by atoms with Crippen molar-refractivity contribution in [3.05, 3.63) is 48.7 Å². The summed E-state index contributed by atoms with van der Waals surface area (Å²) in [6, 6.07) is 6.76. The minimum Gasteiger partial charge on any atom is -0.367 e. The van der Waals surface area contributed by atoms with E-state index in [0.717, 1.165) is 17.8 Å². The fourth-order valence-corrected chi connectivity index (χ4v) is 4.25. The molecule has 0 aliphatic carbocycles. The predicted molar refractivity (Wildman–Crippen MR) is 88.2 cm³/mol. The number of aromatic nitrogens is 4. The van der Waals surface area contributed by atoms with Gasteiger partial charge in [-0.15, -0.1) is 10.2 Å². The van der Waals surface area contributed by atoms with Crippen LogP contribution in [0.25, 0.3) is 5.65 Å². The number of benzene rings is 1. The maximum absolute atomic E-state index is 13.0. The molecule has 0 N–H and O–H groups in total. The Bertz CT molecular complexity index is 996. The van der Waals surface area contributed by atoms with Gasteiger partial charge < -0.3 is 4.90 Å². The molecule has 0 atom stereocenters. The highest BCUT2D eigenvalue weighted by atomic mass is 32.2. The summed E-state index contributed by atoms with van der Waals surface area (Å²) < 4.78 is 41.3. The molecule has 0 radical (unpaired) electrons. The second-order valence-electron chi connectivity index (χ2n) is 5.69. The Morgan fingerprint density at radius 2 is 1.76 bits per heavy atom. The van der Waals surface area contributed by atoms with Crippen LogP contribution in [0.4, 0.5) is 10.1 Å². The summed E-state index contributed by atoms with van der Waals surface area (Å²) in [5.41, 5.74) is 1.51. The van der Waals surface area contributed by atoms with E-state index >= 15 is 0 Å². The third-order valence-electron chi connectivity index (χ3n) is 4.20. The third kappa shape index (κ3) is 2.94. The molecular weight excluding hydrogens is 347 g/mol. The molecule has 3 aromatic rings. The standard InChI is InChI=1S/C15H15FN6O2S/c16-12-1-3-14(4-2-12)25(23,24)21-7-5-20(6-8-21)13-9-15-19-17-11-22(15)18-10-13/h1-4,9-11H,5-8H2. The van der Waals surface area contributed by atoms with Crippen LogP contribution in [0, 0.1) is 5.82 Å². The second kappa shape index (κ2) is 6.05. The molecule has 2 aromatic heterocycles. The van der Waals surface area contributed by atoms with Crippen LogP contribution in [0.3, 0.4) is 0 Å². The van der Waals surface area contributed by atoms with E-state index in [-0.39, 0.29) is 4.90 Å². The van der Waals surface area contributed by atoms with Crippen LogP contribution in [-0.2, 0) is 10.0 Å². The van der Waals surface area contributed by atoms with Gasteiger partial charge in [0, 0.05) is 32.2 Å². The quantitative estimate of drug-likeness (QED) is 0.685. The van der Waals surface area contributed by atoms with E-state index < -0.39 is 15.8 Å². The van der Waals surface area contributed by atoms with Crippen LogP contribution in [-0.4, -0.2) is 58.7 Å². The van der Waals surface area contributed by atoms with Gasteiger partial charge in [0.05, 0.1) is 16.8 Å². The van der Waals surface area contributed by atoms with Crippen molar-refractivity contribution in [1.29, 1.82) is 0 Å². The summed E-state index contributed by atoms with van der Waals surface area (Å²) in [4.78, 5) is 2.16. The Kier molecular flexibility index (Phi) is 3.85. The zero-order valence-electron chi connectivity index (χ0n) is 13.2. The van der Waals surface area contributed by atoms with E-state index in [1.165, 1.54) is 22.8 Å². The molecule has 10 heteroatoms. The molecule has 3 heterocycles. The zero-order valence-corrected chi connectivity index (χ0v) is 14.0. The molecule has 4 rings (SSSR count). The third-order valence-corrected chi connectivity index (χ3v) is 6.12. The zero-order chi connectivity index (χ0) is 17.4. The van der Waals surface area contributed by atoms with Gasteiger partial charge in [0.2, 0.25) is 10.0 Å². The first-order chi connectivity index (χ1) is 12.0. The molecule has 0 spiro atoms. The number of anilines is 1.